The number of hydrogen-bond acceptors (Lipinski definition) is 3. The van der Waals surface area contributed by atoms with E-state index in [1.54, 1.807) is 0 Å². The minimum atomic E-state index is -0.274. The topological polar surface area (TPSA) is 71.0 Å². The van der Waals surface area contributed by atoms with E-state index in [-0.39, 0.29) is 5.91 Å². The number of aryl methyl sites for hydroxylation is 1. The van der Waals surface area contributed by atoms with E-state index in [1.165, 1.54) is 5.56 Å². The van der Waals surface area contributed by atoms with Crippen LogP contribution in [0.5, 0.6) is 0 Å². The van der Waals surface area contributed by atoms with Crippen LogP contribution in [0.4, 0.5) is 5.69 Å². The third-order valence-corrected chi connectivity index (χ3v) is 5.11. The molecule has 1 heterocycles. The molecule has 2 aromatic carbocycles. The fourth-order valence-electron chi connectivity index (χ4n) is 3.23. The Labute approximate surface area is 182 Å². The van der Waals surface area contributed by atoms with Gasteiger partial charge in [0.1, 0.15) is 0 Å². The van der Waals surface area contributed by atoms with Crippen LogP contribution in [0.15, 0.2) is 54.6 Å². The Hall–Kier alpha value is -3.19. The number of nitrogens with one attached hydrogen (secondary N) is 3. The number of hydrogen-bond donors (Lipinski definition) is 3. The van der Waals surface area contributed by atoms with Gasteiger partial charge in [-0.15, -0.1) is 0 Å². The zero-order chi connectivity index (χ0) is 21.7. The van der Waals surface area contributed by atoms with Crippen LogP contribution in [0, 0.1) is 13.8 Å². The summed E-state index contributed by atoms with van der Waals surface area (Å²) in [7, 11) is 0. The summed E-state index contributed by atoms with van der Waals surface area (Å²) >= 11 is 5.29. The lowest BCUT2D eigenvalue weighted by Crippen LogP contribution is -2.44. The average Bonchev–Trinajstić information content (AvgIpc) is 3.00. The van der Waals surface area contributed by atoms with Crippen LogP contribution in [-0.4, -0.2) is 20.8 Å². The highest BCUT2D eigenvalue weighted by molar-refractivity contribution is 7.80. The maximum Gasteiger partial charge on any atom is 0.273 e. The summed E-state index contributed by atoms with van der Waals surface area (Å²) in [6.07, 6.45) is 0. The van der Waals surface area contributed by atoms with Crippen molar-refractivity contribution in [2.75, 3.05) is 5.32 Å². The first-order valence-corrected chi connectivity index (χ1v) is 10.3. The number of thiocarbonyl (C=S) groups is 1. The highest BCUT2D eigenvalue weighted by atomic mass is 32.1. The first-order valence-electron chi connectivity index (χ1n) is 9.90. The number of rotatable bonds is 5. The van der Waals surface area contributed by atoms with Gasteiger partial charge in [0.25, 0.3) is 5.91 Å². The maximum absolute atomic E-state index is 12.7. The lowest BCUT2D eigenvalue weighted by molar-refractivity contribution is 0.0943. The Kier molecular flexibility index (Phi) is 6.84. The molecule has 0 saturated carbocycles. The van der Waals surface area contributed by atoms with E-state index in [2.05, 4.69) is 47.2 Å². The van der Waals surface area contributed by atoms with Crippen LogP contribution in [0.25, 0.3) is 0 Å². The predicted molar refractivity (Wildman–Crippen MR) is 125 cm³/mol. The molecule has 7 heteroatoms. The molecular weight excluding hydrogens is 394 g/mol. The Morgan fingerprint density at radius 1 is 1.03 bits per heavy atom. The summed E-state index contributed by atoms with van der Waals surface area (Å²) < 4.78 is 1.84. The summed E-state index contributed by atoms with van der Waals surface area (Å²) in [6.45, 7) is 8.63. The zero-order valence-electron chi connectivity index (χ0n) is 17.7. The summed E-state index contributed by atoms with van der Waals surface area (Å²) in [5, 5.41) is 7.90. The third-order valence-electron chi connectivity index (χ3n) is 4.91. The number of anilines is 1. The number of hydrazine groups is 1. The first kappa shape index (κ1) is 21.5. The largest absolute Gasteiger partial charge is 0.331 e. The standard InChI is InChI=1S/C23H27N5OS/c1-15(2)19-10-12-20(13-11-19)24-23(30)26-25-22(29)21-16(3)27-28(17(21)4)14-18-8-6-5-7-9-18/h5-13,15H,14H2,1-4H3,(H,25,29)(H2,24,26,30). The minimum absolute atomic E-state index is 0.274. The molecule has 0 unspecified atom stereocenters. The molecule has 0 aliphatic heterocycles. The maximum atomic E-state index is 12.7. The van der Waals surface area contributed by atoms with E-state index in [9.17, 15) is 4.79 Å². The van der Waals surface area contributed by atoms with Crippen molar-refractivity contribution in [1.82, 2.24) is 20.6 Å². The van der Waals surface area contributed by atoms with Gasteiger partial charge in [0, 0.05) is 11.4 Å². The normalized spacial score (nSPS) is 10.7. The minimum Gasteiger partial charge on any atom is -0.331 e. The molecule has 6 nitrogen and oxygen atoms in total. The van der Waals surface area contributed by atoms with Gasteiger partial charge < -0.3 is 5.32 Å². The lowest BCUT2D eigenvalue weighted by Gasteiger charge is -2.13. The van der Waals surface area contributed by atoms with Crippen molar-refractivity contribution in [2.24, 2.45) is 0 Å². The van der Waals surface area contributed by atoms with E-state index >= 15 is 0 Å². The number of nitrogens with zero attached hydrogens (tertiary/aromatic N) is 2. The van der Waals surface area contributed by atoms with Gasteiger partial charge >= 0.3 is 0 Å². The van der Waals surface area contributed by atoms with Crippen molar-refractivity contribution >= 4 is 28.9 Å². The number of carbonyl (C=O) groups is 1. The van der Waals surface area contributed by atoms with E-state index in [0.29, 0.717) is 28.8 Å². The van der Waals surface area contributed by atoms with Crippen LogP contribution in [0.2, 0.25) is 0 Å². The van der Waals surface area contributed by atoms with Crippen molar-refractivity contribution in [2.45, 2.75) is 40.2 Å². The molecule has 156 valence electrons. The van der Waals surface area contributed by atoms with Crippen LogP contribution >= 0.6 is 12.2 Å². The lowest BCUT2D eigenvalue weighted by atomic mass is 10.0. The second-order valence-corrected chi connectivity index (χ2v) is 7.91. The summed E-state index contributed by atoms with van der Waals surface area (Å²) in [5.74, 6) is 0.196. The van der Waals surface area contributed by atoms with Crippen LogP contribution in [0.1, 0.15) is 52.6 Å². The van der Waals surface area contributed by atoms with Crippen molar-refractivity contribution in [3.05, 3.63) is 82.7 Å². The van der Waals surface area contributed by atoms with Crippen molar-refractivity contribution in [3.8, 4) is 0 Å². The Bertz CT molecular complexity index is 1030. The third kappa shape index (κ3) is 5.24. The van der Waals surface area contributed by atoms with Crippen molar-refractivity contribution < 1.29 is 4.79 Å². The molecule has 0 fully saturated rings. The summed E-state index contributed by atoms with van der Waals surface area (Å²) in [5.41, 5.74) is 10.7. The molecule has 30 heavy (non-hydrogen) atoms. The molecular formula is C23H27N5OS. The summed E-state index contributed by atoms with van der Waals surface area (Å²) in [6, 6.07) is 18.1. The average molecular weight is 422 g/mol. The number of aromatic nitrogens is 2. The molecule has 0 saturated heterocycles. The molecule has 1 aromatic heterocycles. The van der Waals surface area contributed by atoms with E-state index in [4.69, 9.17) is 12.2 Å². The van der Waals surface area contributed by atoms with Crippen molar-refractivity contribution in [1.29, 1.82) is 0 Å². The van der Waals surface area contributed by atoms with E-state index < -0.39 is 0 Å². The number of carbonyl (C=O) groups excluding carboxylic acids is 1. The molecule has 3 aromatic rings. The molecule has 0 spiro atoms. The summed E-state index contributed by atoms with van der Waals surface area (Å²) in [4.78, 5) is 12.7. The fourth-order valence-corrected chi connectivity index (χ4v) is 3.39. The Morgan fingerprint density at radius 2 is 1.70 bits per heavy atom. The van der Waals surface area contributed by atoms with Crippen LogP contribution in [-0.2, 0) is 6.54 Å². The molecule has 0 aliphatic carbocycles. The molecule has 0 aliphatic rings. The molecule has 0 atom stereocenters. The molecule has 3 N–H and O–H groups in total. The second-order valence-electron chi connectivity index (χ2n) is 7.50. The van der Waals surface area contributed by atoms with Gasteiger partial charge in [0.05, 0.1) is 17.8 Å². The SMILES string of the molecule is Cc1nn(Cc2ccccc2)c(C)c1C(=O)NNC(=S)Nc1ccc(C(C)C)cc1. The van der Waals surface area contributed by atoms with Crippen LogP contribution in [0.3, 0.4) is 0 Å². The molecule has 0 bridgehead atoms. The Balaban J connectivity index is 1.60. The number of amides is 1. The quantitative estimate of drug-likeness (QED) is 0.423. The second kappa shape index (κ2) is 9.54. The zero-order valence-corrected chi connectivity index (χ0v) is 18.5. The first-order chi connectivity index (χ1) is 14.3. The van der Waals surface area contributed by atoms with Gasteiger partial charge in [-0.25, -0.2) is 0 Å². The predicted octanol–water partition coefficient (Wildman–Crippen LogP) is 4.30. The van der Waals surface area contributed by atoms with Gasteiger partial charge in [-0.1, -0.05) is 56.3 Å². The van der Waals surface area contributed by atoms with Crippen LogP contribution < -0.4 is 16.2 Å². The highest BCUT2D eigenvalue weighted by Gasteiger charge is 2.19. The Morgan fingerprint density at radius 3 is 2.33 bits per heavy atom. The van der Waals surface area contributed by atoms with Gasteiger partial charge in [-0.3, -0.25) is 20.3 Å². The van der Waals surface area contributed by atoms with Gasteiger partial charge in [-0.05, 0) is 55.2 Å². The van der Waals surface area contributed by atoms with Crippen molar-refractivity contribution in [3.63, 3.8) is 0 Å². The smallest absolute Gasteiger partial charge is 0.273 e. The van der Waals surface area contributed by atoms with Gasteiger partial charge in [0.2, 0.25) is 0 Å². The van der Waals surface area contributed by atoms with Gasteiger partial charge in [0.15, 0.2) is 5.11 Å². The monoisotopic (exact) mass is 421 g/mol. The van der Waals surface area contributed by atoms with E-state index in [0.717, 1.165) is 16.9 Å². The molecule has 1 amide bonds. The highest BCUT2D eigenvalue weighted by Crippen LogP contribution is 2.17. The van der Waals surface area contributed by atoms with Gasteiger partial charge in [-0.2, -0.15) is 5.10 Å². The fraction of sp³-hybridized carbons (Fsp3) is 0.261. The van der Waals surface area contributed by atoms with E-state index in [1.807, 2.05) is 61.0 Å². The molecule has 3 rings (SSSR count). The molecule has 0 radical (unpaired) electrons. The number of benzene rings is 2.